The highest BCUT2D eigenvalue weighted by molar-refractivity contribution is 5.08. The lowest BCUT2D eigenvalue weighted by atomic mass is 10.4. The molecule has 0 atom stereocenters. The Labute approximate surface area is 90.4 Å². The summed E-state index contributed by atoms with van der Waals surface area (Å²) in [6.45, 7) is 0. The highest BCUT2D eigenvalue weighted by Crippen LogP contribution is 2.13. The van der Waals surface area contributed by atoms with Gasteiger partial charge < -0.3 is 5.73 Å². The molecule has 2 N–H and O–H groups in total. The second-order valence-corrected chi connectivity index (χ2v) is 2.56. The maximum atomic E-state index is 11.7. The number of hydrogen-bond donors (Lipinski definition) is 1. The van der Waals surface area contributed by atoms with Crippen LogP contribution >= 0.6 is 0 Å². The van der Waals surface area contributed by atoms with Crippen LogP contribution in [-0.4, -0.2) is 20.2 Å². The van der Waals surface area contributed by atoms with Crippen LogP contribution in [0.25, 0.3) is 0 Å². The van der Waals surface area contributed by atoms with E-state index in [1.165, 1.54) is 30.7 Å². The van der Waals surface area contributed by atoms with Crippen molar-refractivity contribution >= 4 is 5.95 Å². The lowest BCUT2D eigenvalue weighted by Gasteiger charge is -1.93. The van der Waals surface area contributed by atoms with E-state index >= 15 is 0 Å². The summed E-state index contributed by atoms with van der Waals surface area (Å²) in [5, 5.41) is 6.84. The molecule has 5 nitrogen and oxygen atoms in total. The van der Waals surface area contributed by atoms with Gasteiger partial charge >= 0.3 is 0 Å². The van der Waals surface area contributed by atoms with Gasteiger partial charge in [0.25, 0.3) is 6.43 Å². The Bertz CT molecular complexity index is 395. The van der Waals surface area contributed by atoms with Gasteiger partial charge in [0.1, 0.15) is 5.69 Å². The molecule has 2 rings (SSSR count). The summed E-state index contributed by atoms with van der Waals surface area (Å²) in [5.41, 5.74) is 4.90. The minimum Gasteiger partial charge on any atom is -0.366 e. The second-order valence-electron chi connectivity index (χ2n) is 2.56. The van der Waals surface area contributed by atoms with Gasteiger partial charge in [-0.15, -0.1) is 5.10 Å². The number of rotatable bonds is 1. The number of halogens is 2. The van der Waals surface area contributed by atoms with Gasteiger partial charge in [-0.1, -0.05) is 6.07 Å². The Morgan fingerprint density at radius 1 is 1.06 bits per heavy atom. The molecular weight excluding hydrogens is 216 g/mol. The first-order chi connectivity index (χ1) is 7.70. The third-order valence-electron chi connectivity index (χ3n) is 1.41. The smallest absolute Gasteiger partial charge is 0.280 e. The molecule has 84 valence electrons. The van der Waals surface area contributed by atoms with Crippen molar-refractivity contribution in [2.45, 2.75) is 6.43 Å². The fourth-order valence-corrected chi connectivity index (χ4v) is 0.763. The Hall–Kier alpha value is -2.18. The van der Waals surface area contributed by atoms with Crippen LogP contribution < -0.4 is 5.73 Å². The molecule has 0 aliphatic heterocycles. The first kappa shape index (κ1) is 11.9. The van der Waals surface area contributed by atoms with Gasteiger partial charge in [0, 0.05) is 6.20 Å². The molecule has 2 aromatic heterocycles. The zero-order chi connectivity index (χ0) is 11.8. The first-order valence-electron chi connectivity index (χ1n) is 4.28. The van der Waals surface area contributed by atoms with Crippen LogP contribution in [0.3, 0.4) is 0 Å². The number of anilines is 1. The van der Waals surface area contributed by atoms with E-state index in [-0.39, 0.29) is 11.6 Å². The molecule has 0 bridgehead atoms. The molecule has 0 aromatic carbocycles. The van der Waals surface area contributed by atoms with E-state index in [9.17, 15) is 8.78 Å². The Morgan fingerprint density at radius 3 is 2.19 bits per heavy atom. The predicted octanol–water partition coefficient (Wildman–Crippen LogP) is 1.47. The summed E-state index contributed by atoms with van der Waals surface area (Å²) in [6, 6.07) is 4.44. The van der Waals surface area contributed by atoms with E-state index < -0.39 is 6.43 Å². The lowest BCUT2D eigenvalue weighted by molar-refractivity contribution is 0.146. The normalized spacial score (nSPS) is 9.44. The van der Waals surface area contributed by atoms with E-state index in [1.54, 1.807) is 6.07 Å². The maximum Gasteiger partial charge on any atom is 0.280 e. The molecule has 7 heteroatoms. The third kappa shape index (κ3) is 4.36. The van der Waals surface area contributed by atoms with Gasteiger partial charge in [-0.25, -0.2) is 13.8 Å². The van der Waals surface area contributed by atoms with E-state index in [1.807, 2.05) is 0 Å². The highest BCUT2D eigenvalue weighted by Gasteiger charge is 2.04. The van der Waals surface area contributed by atoms with Crippen LogP contribution in [0, 0.1) is 0 Å². The summed E-state index contributed by atoms with van der Waals surface area (Å²) < 4.78 is 23.4. The number of pyridine rings is 1. The van der Waals surface area contributed by atoms with Gasteiger partial charge in [0.2, 0.25) is 5.95 Å². The number of alkyl halides is 2. The van der Waals surface area contributed by atoms with E-state index in [2.05, 4.69) is 20.2 Å². The Balaban J connectivity index is 0.000000165. The van der Waals surface area contributed by atoms with Crippen LogP contribution in [0.1, 0.15) is 12.1 Å². The fraction of sp³-hybridized carbons (Fsp3) is 0.111. The molecule has 0 spiro atoms. The van der Waals surface area contributed by atoms with Crippen LogP contribution in [0.15, 0.2) is 36.8 Å². The Kier molecular flexibility index (Phi) is 4.71. The molecule has 0 unspecified atom stereocenters. The van der Waals surface area contributed by atoms with Crippen LogP contribution in [-0.2, 0) is 0 Å². The van der Waals surface area contributed by atoms with E-state index in [0.29, 0.717) is 0 Å². The SMILES string of the molecule is FC(F)c1ccccn1.Nc1nccnn1. The molecule has 2 aromatic rings. The van der Waals surface area contributed by atoms with Crippen molar-refractivity contribution in [1.82, 2.24) is 20.2 Å². The second kappa shape index (κ2) is 6.33. The third-order valence-corrected chi connectivity index (χ3v) is 1.41. The highest BCUT2D eigenvalue weighted by atomic mass is 19.3. The number of nitrogen functional groups attached to an aromatic ring is 1. The quantitative estimate of drug-likeness (QED) is 0.795. The molecule has 2 heterocycles. The van der Waals surface area contributed by atoms with Gasteiger partial charge in [-0.3, -0.25) is 4.98 Å². The first-order valence-corrected chi connectivity index (χ1v) is 4.28. The van der Waals surface area contributed by atoms with Gasteiger partial charge in [0.15, 0.2) is 0 Å². The average molecular weight is 225 g/mol. The molecule has 0 aliphatic rings. The number of nitrogens with zero attached hydrogens (tertiary/aromatic N) is 4. The van der Waals surface area contributed by atoms with E-state index in [4.69, 9.17) is 5.73 Å². The molecule has 0 fully saturated rings. The monoisotopic (exact) mass is 225 g/mol. The molecule has 0 radical (unpaired) electrons. The fourth-order valence-electron chi connectivity index (χ4n) is 0.763. The topological polar surface area (TPSA) is 77.6 Å². The number of hydrogen-bond acceptors (Lipinski definition) is 5. The van der Waals surface area contributed by atoms with Crippen molar-refractivity contribution in [3.8, 4) is 0 Å². The zero-order valence-corrected chi connectivity index (χ0v) is 8.16. The minimum atomic E-state index is -2.45. The number of aromatic nitrogens is 4. The molecule has 0 saturated heterocycles. The van der Waals surface area contributed by atoms with Gasteiger partial charge in [-0.05, 0) is 12.1 Å². The van der Waals surface area contributed by atoms with Gasteiger partial charge in [-0.2, -0.15) is 5.10 Å². The molecule has 0 saturated carbocycles. The predicted molar refractivity (Wildman–Crippen MR) is 53.4 cm³/mol. The maximum absolute atomic E-state index is 11.7. The van der Waals surface area contributed by atoms with Crippen molar-refractivity contribution in [2.75, 3.05) is 5.73 Å². The van der Waals surface area contributed by atoms with Gasteiger partial charge in [0.05, 0.1) is 12.4 Å². The summed E-state index contributed by atoms with van der Waals surface area (Å²) >= 11 is 0. The van der Waals surface area contributed by atoms with Crippen molar-refractivity contribution < 1.29 is 8.78 Å². The van der Waals surface area contributed by atoms with Crippen LogP contribution in [0.2, 0.25) is 0 Å². The average Bonchev–Trinajstić information content (AvgIpc) is 2.32. The molecule has 0 aliphatic carbocycles. The molecule has 0 amide bonds. The summed E-state index contributed by atoms with van der Waals surface area (Å²) in [5.74, 6) is 0.211. The van der Waals surface area contributed by atoms with Crippen molar-refractivity contribution in [1.29, 1.82) is 0 Å². The standard InChI is InChI=1S/C6H5F2N.C3H4N4/c7-6(8)5-3-1-2-4-9-5;4-3-5-1-2-6-7-3/h1-4,6H;1-2H,(H2,4,5,7). The van der Waals surface area contributed by atoms with Crippen LogP contribution in [0.4, 0.5) is 14.7 Å². The Morgan fingerprint density at radius 2 is 1.88 bits per heavy atom. The summed E-state index contributed by atoms with van der Waals surface area (Å²) in [6.07, 6.45) is 1.85. The molecule has 16 heavy (non-hydrogen) atoms. The van der Waals surface area contributed by atoms with Crippen molar-refractivity contribution in [2.24, 2.45) is 0 Å². The summed E-state index contributed by atoms with van der Waals surface area (Å²) in [4.78, 5) is 7.01. The lowest BCUT2D eigenvalue weighted by Crippen LogP contribution is -1.93. The number of nitrogens with two attached hydrogens (primary N) is 1. The zero-order valence-electron chi connectivity index (χ0n) is 8.16. The molecular formula is C9H9F2N5. The van der Waals surface area contributed by atoms with Crippen molar-refractivity contribution in [3.05, 3.63) is 42.5 Å². The summed E-state index contributed by atoms with van der Waals surface area (Å²) in [7, 11) is 0. The van der Waals surface area contributed by atoms with E-state index in [0.717, 1.165) is 0 Å². The largest absolute Gasteiger partial charge is 0.366 e. The van der Waals surface area contributed by atoms with Crippen LogP contribution in [0.5, 0.6) is 0 Å². The minimum absolute atomic E-state index is 0.169. The van der Waals surface area contributed by atoms with Crippen molar-refractivity contribution in [3.63, 3.8) is 0 Å².